The van der Waals surface area contributed by atoms with Gasteiger partial charge in [0.15, 0.2) is 0 Å². The number of aromatic hydroxyl groups is 1. The minimum absolute atomic E-state index is 0.257. The Hall–Kier alpha value is -2.75. The molecule has 1 heterocycles. The number of hydrogen-bond acceptors (Lipinski definition) is 3. The van der Waals surface area contributed by atoms with E-state index in [1.54, 1.807) is 12.1 Å². The van der Waals surface area contributed by atoms with Gasteiger partial charge in [-0.3, -0.25) is 5.10 Å². The number of anilines is 1. The van der Waals surface area contributed by atoms with Crippen LogP contribution in [-0.4, -0.2) is 22.4 Å². The Balaban J connectivity index is 1.91. The molecule has 3 rings (SSSR count). The molecule has 0 bridgehead atoms. The maximum Gasteiger partial charge on any atom is 0.115 e. The number of H-pyrrole nitrogens is 1. The summed E-state index contributed by atoms with van der Waals surface area (Å²) in [4.78, 5) is 0. The molecule has 3 aromatic rings. The average Bonchev–Trinajstić information content (AvgIpc) is 2.98. The van der Waals surface area contributed by atoms with Gasteiger partial charge in [0.25, 0.3) is 0 Å². The van der Waals surface area contributed by atoms with Crippen molar-refractivity contribution in [2.45, 2.75) is 0 Å². The van der Waals surface area contributed by atoms with Crippen LogP contribution in [0.15, 0.2) is 54.6 Å². The average molecular weight is 265 g/mol. The fourth-order valence-electron chi connectivity index (χ4n) is 2.07. The van der Waals surface area contributed by atoms with Crippen LogP contribution in [0.2, 0.25) is 0 Å². The molecule has 4 nitrogen and oxygen atoms in total. The van der Waals surface area contributed by atoms with Crippen LogP contribution < -0.4 is 5.32 Å². The number of rotatable bonds is 3. The lowest BCUT2D eigenvalue weighted by molar-refractivity contribution is 0.475. The maximum atomic E-state index is 9.30. The Kier molecular flexibility index (Phi) is 3.13. The summed E-state index contributed by atoms with van der Waals surface area (Å²) in [7, 11) is 1.90. The zero-order valence-corrected chi connectivity index (χ0v) is 11.1. The smallest absolute Gasteiger partial charge is 0.115 e. The molecule has 0 saturated heterocycles. The highest BCUT2D eigenvalue weighted by Gasteiger charge is 2.05. The fourth-order valence-corrected chi connectivity index (χ4v) is 2.07. The highest BCUT2D eigenvalue weighted by molar-refractivity contribution is 5.69. The van der Waals surface area contributed by atoms with Gasteiger partial charge in [-0.25, -0.2) is 0 Å². The van der Waals surface area contributed by atoms with Gasteiger partial charge in [0, 0.05) is 18.3 Å². The molecule has 0 unspecified atom stereocenters. The number of phenols is 1. The molecule has 1 aromatic heterocycles. The molecule has 2 aromatic carbocycles. The summed E-state index contributed by atoms with van der Waals surface area (Å²) in [6.45, 7) is 0. The molecule has 0 aliphatic rings. The van der Waals surface area contributed by atoms with Crippen LogP contribution >= 0.6 is 0 Å². The summed E-state index contributed by atoms with van der Waals surface area (Å²) >= 11 is 0. The monoisotopic (exact) mass is 265 g/mol. The molecule has 0 aliphatic heterocycles. The van der Waals surface area contributed by atoms with E-state index in [0.717, 1.165) is 28.2 Å². The van der Waals surface area contributed by atoms with Crippen molar-refractivity contribution in [2.24, 2.45) is 0 Å². The Morgan fingerprint density at radius 2 is 1.60 bits per heavy atom. The van der Waals surface area contributed by atoms with Crippen molar-refractivity contribution in [3.63, 3.8) is 0 Å². The molecule has 0 aliphatic carbocycles. The molecule has 100 valence electrons. The molecule has 20 heavy (non-hydrogen) atoms. The van der Waals surface area contributed by atoms with Gasteiger partial charge < -0.3 is 10.4 Å². The zero-order chi connectivity index (χ0) is 13.9. The van der Waals surface area contributed by atoms with Crippen LogP contribution in [0.5, 0.6) is 5.75 Å². The van der Waals surface area contributed by atoms with Crippen LogP contribution in [-0.2, 0) is 0 Å². The molecule has 3 N–H and O–H groups in total. The third-order valence-electron chi connectivity index (χ3n) is 3.23. The highest BCUT2D eigenvalue weighted by Crippen LogP contribution is 2.25. The first-order valence-electron chi connectivity index (χ1n) is 6.39. The van der Waals surface area contributed by atoms with Gasteiger partial charge in [-0.2, -0.15) is 5.10 Å². The second-order valence-electron chi connectivity index (χ2n) is 4.54. The van der Waals surface area contributed by atoms with Gasteiger partial charge in [0.1, 0.15) is 5.75 Å². The second kappa shape index (κ2) is 5.09. The van der Waals surface area contributed by atoms with Gasteiger partial charge in [-0.15, -0.1) is 0 Å². The molecule has 0 fully saturated rings. The molecular weight excluding hydrogens is 250 g/mol. The van der Waals surface area contributed by atoms with Crippen LogP contribution in [0.1, 0.15) is 0 Å². The van der Waals surface area contributed by atoms with Crippen LogP contribution in [0.3, 0.4) is 0 Å². The zero-order valence-electron chi connectivity index (χ0n) is 11.1. The fraction of sp³-hybridized carbons (Fsp3) is 0.0625. The first-order valence-corrected chi connectivity index (χ1v) is 6.39. The van der Waals surface area contributed by atoms with Gasteiger partial charge in [0.05, 0.1) is 11.4 Å². The number of hydrogen-bond donors (Lipinski definition) is 3. The van der Waals surface area contributed by atoms with E-state index >= 15 is 0 Å². The van der Waals surface area contributed by atoms with Crippen molar-refractivity contribution in [3.05, 3.63) is 54.6 Å². The van der Waals surface area contributed by atoms with Crippen molar-refractivity contribution in [1.82, 2.24) is 10.2 Å². The lowest BCUT2D eigenvalue weighted by Crippen LogP contribution is -1.86. The highest BCUT2D eigenvalue weighted by atomic mass is 16.3. The SMILES string of the molecule is CNc1ccc(-c2cc(-c3ccc(O)cc3)n[nH]2)cc1. The second-order valence-corrected chi connectivity index (χ2v) is 4.54. The summed E-state index contributed by atoms with van der Waals surface area (Å²) in [6, 6.07) is 17.1. The Labute approximate surface area is 117 Å². The summed E-state index contributed by atoms with van der Waals surface area (Å²) < 4.78 is 0. The van der Waals surface area contributed by atoms with Crippen LogP contribution in [0.25, 0.3) is 22.5 Å². The number of phenolic OH excluding ortho intramolecular Hbond substituents is 1. The minimum Gasteiger partial charge on any atom is -0.508 e. The van der Waals surface area contributed by atoms with Gasteiger partial charge >= 0.3 is 0 Å². The van der Waals surface area contributed by atoms with E-state index in [2.05, 4.69) is 15.5 Å². The van der Waals surface area contributed by atoms with E-state index in [-0.39, 0.29) is 5.75 Å². The van der Waals surface area contributed by atoms with Crippen LogP contribution in [0.4, 0.5) is 5.69 Å². The molecule has 0 atom stereocenters. The number of aromatic nitrogens is 2. The van der Waals surface area contributed by atoms with Crippen LogP contribution in [0, 0.1) is 0 Å². The maximum absolute atomic E-state index is 9.30. The van der Waals surface area contributed by atoms with Gasteiger partial charge in [-0.1, -0.05) is 12.1 Å². The van der Waals surface area contributed by atoms with Crippen molar-refractivity contribution in [3.8, 4) is 28.3 Å². The summed E-state index contributed by atoms with van der Waals surface area (Å²) in [5.74, 6) is 0.257. The van der Waals surface area contributed by atoms with Crippen molar-refractivity contribution < 1.29 is 5.11 Å². The standard InChI is InChI=1S/C16H15N3O/c1-17-13-6-2-11(3-7-13)15-10-16(19-18-15)12-4-8-14(20)9-5-12/h2-10,17,20H,1H3,(H,18,19). The van der Waals surface area contributed by atoms with Gasteiger partial charge in [-0.05, 0) is 48.0 Å². The van der Waals surface area contributed by atoms with E-state index in [1.165, 1.54) is 0 Å². The van der Waals surface area contributed by atoms with E-state index in [0.29, 0.717) is 0 Å². The lowest BCUT2D eigenvalue weighted by Gasteiger charge is -2.01. The summed E-state index contributed by atoms with van der Waals surface area (Å²) in [5.41, 5.74) is 4.96. The number of nitrogens with zero attached hydrogens (tertiary/aromatic N) is 1. The normalized spacial score (nSPS) is 10.4. The predicted octanol–water partition coefficient (Wildman–Crippen LogP) is 3.49. The van der Waals surface area contributed by atoms with E-state index in [4.69, 9.17) is 0 Å². The van der Waals surface area contributed by atoms with Crippen molar-refractivity contribution in [2.75, 3.05) is 12.4 Å². The Morgan fingerprint density at radius 3 is 2.25 bits per heavy atom. The third-order valence-corrected chi connectivity index (χ3v) is 3.23. The molecular formula is C16H15N3O. The lowest BCUT2D eigenvalue weighted by atomic mass is 10.1. The third kappa shape index (κ3) is 2.36. The quantitative estimate of drug-likeness (QED) is 0.679. The molecule has 0 saturated carbocycles. The topological polar surface area (TPSA) is 60.9 Å². The molecule has 0 amide bonds. The van der Waals surface area contributed by atoms with E-state index < -0.39 is 0 Å². The summed E-state index contributed by atoms with van der Waals surface area (Å²) in [6.07, 6.45) is 0. The Bertz CT molecular complexity index is 699. The Morgan fingerprint density at radius 1 is 0.950 bits per heavy atom. The molecule has 0 radical (unpaired) electrons. The first kappa shape index (κ1) is 12.3. The number of aromatic amines is 1. The van der Waals surface area contributed by atoms with E-state index in [1.807, 2.05) is 49.5 Å². The largest absolute Gasteiger partial charge is 0.508 e. The van der Waals surface area contributed by atoms with E-state index in [9.17, 15) is 5.11 Å². The molecule has 4 heteroatoms. The number of benzene rings is 2. The van der Waals surface area contributed by atoms with Crippen molar-refractivity contribution >= 4 is 5.69 Å². The molecule has 0 spiro atoms. The van der Waals surface area contributed by atoms with Gasteiger partial charge in [0.2, 0.25) is 0 Å². The van der Waals surface area contributed by atoms with Crippen molar-refractivity contribution in [1.29, 1.82) is 0 Å². The predicted molar refractivity (Wildman–Crippen MR) is 80.7 cm³/mol. The number of nitrogens with one attached hydrogen (secondary N) is 2. The first-order chi connectivity index (χ1) is 9.76. The summed E-state index contributed by atoms with van der Waals surface area (Å²) in [5, 5.41) is 19.7. The minimum atomic E-state index is 0.257.